The van der Waals surface area contributed by atoms with Crippen molar-refractivity contribution in [2.24, 2.45) is 0 Å². The third-order valence-corrected chi connectivity index (χ3v) is 5.84. The van der Waals surface area contributed by atoms with E-state index in [1.54, 1.807) is 11.3 Å². The fraction of sp³-hybridized carbons (Fsp3) is 0.706. The molecule has 3 nitrogen and oxygen atoms in total. The molecule has 1 aliphatic heterocycles. The van der Waals surface area contributed by atoms with Crippen LogP contribution in [0.2, 0.25) is 0 Å². The lowest BCUT2D eigenvalue weighted by Crippen LogP contribution is -2.40. The number of thiophene rings is 1. The molecule has 1 aliphatic carbocycles. The maximum atomic E-state index is 12.4. The molecule has 4 heteroatoms. The molecule has 2 aliphatic rings. The standard InChI is InChI=1S/C17H25NO2S/c1-12(14-8-6-10-20-14)18-17(19)16-11-13-7-4-2-3-5-9-15(13)21-16/h11-12,14H,2-10H2,1H3,(H,18,19). The van der Waals surface area contributed by atoms with Gasteiger partial charge in [0.15, 0.2) is 0 Å². The number of rotatable bonds is 3. The molecule has 2 atom stereocenters. The van der Waals surface area contributed by atoms with Crippen LogP contribution in [-0.4, -0.2) is 24.7 Å². The van der Waals surface area contributed by atoms with E-state index in [0.29, 0.717) is 0 Å². The predicted octanol–water partition coefficient (Wildman–Crippen LogP) is 3.70. The molecule has 1 amide bonds. The predicted molar refractivity (Wildman–Crippen MR) is 86.1 cm³/mol. The smallest absolute Gasteiger partial charge is 0.261 e. The Morgan fingerprint density at radius 1 is 1.29 bits per heavy atom. The lowest BCUT2D eigenvalue weighted by molar-refractivity contribution is 0.0714. The van der Waals surface area contributed by atoms with E-state index in [2.05, 4.69) is 18.3 Å². The summed E-state index contributed by atoms with van der Waals surface area (Å²) in [6.07, 6.45) is 9.82. The lowest BCUT2D eigenvalue weighted by atomic mass is 10.00. The molecule has 1 N–H and O–H groups in total. The van der Waals surface area contributed by atoms with Gasteiger partial charge in [-0.1, -0.05) is 12.8 Å². The third kappa shape index (κ3) is 3.67. The van der Waals surface area contributed by atoms with E-state index in [4.69, 9.17) is 4.74 Å². The summed E-state index contributed by atoms with van der Waals surface area (Å²) in [4.78, 5) is 14.8. The Kier molecular flexibility index (Phi) is 4.96. The first-order valence-electron chi connectivity index (χ1n) is 8.28. The SMILES string of the molecule is CC(NC(=O)c1cc2c(s1)CCCCCC2)C1CCCO1. The van der Waals surface area contributed by atoms with Crippen molar-refractivity contribution in [2.75, 3.05) is 6.61 Å². The normalized spacial score (nSPS) is 24.0. The van der Waals surface area contributed by atoms with Gasteiger partial charge in [0.2, 0.25) is 0 Å². The minimum Gasteiger partial charge on any atom is -0.376 e. The van der Waals surface area contributed by atoms with E-state index in [9.17, 15) is 4.79 Å². The van der Waals surface area contributed by atoms with Gasteiger partial charge >= 0.3 is 0 Å². The molecule has 0 aromatic carbocycles. The Hall–Kier alpha value is -0.870. The highest BCUT2D eigenvalue weighted by molar-refractivity contribution is 7.14. The topological polar surface area (TPSA) is 38.3 Å². The van der Waals surface area contributed by atoms with Crippen LogP contribution in [0.5, 0.6) is 0 Å². The number of aryl methyl sites for hydroxylation is 2. The number of amides is 1. The molecule has 0 saturated carbocycles. The van der Waals surface area contributed by atoms with Gasteiger partial charge in [-0.15, -0.1) is 11.3 Å². The van der Waals surface area contributed by atoms with E-state index in [-0.39, 0.29) is 18.1 Å². The Morgan fingerprint density at radius 3 is 2.86 bits per heavy atom. The summed E-state index contributed by atoms with van der Waals surface area (Å²) in [5.41, 5.74) is 1.41. The van der Waals surface area contributed by atoms with Crippen molar-refractivity contribution in [3.63, 3.8) is 0 Å². The third-order valence-electron chi connectivity index (χ3n) is 4.60. The van der Waals surface area contributed by atoms with Crippen molar-refractivity contribution < 1.29 is 9.53 Å². The van der Waals surface area contributed by atoms with Gasteiger partial charge in [-0.25, -0.2) is 0 Å². The first-order chi connectivity index (χ1) is 10.2. The van der Waals surface area contributed by atoms with Gasteiger partial charge in [-0.2, -0.15) is 0 Å². The van der Waals surface area contributed by atoms with Gasteiger partial charge in [-0.05, 0) is 57.1 Å². The fourth-order valence-electron chi connectivity index (χ4n) is 3.32. The molecular formula is C17H25NO2S. The highest BCUT2D eigenvalue weighted by Crippen LogP contribution is 2.28. The number of ether oxygens (including phenoxy) is 1. The van der Waals surface area contributed by atoms with Gasteiger partial charge in [-0.3, -0.25) is 4.79 Å². The van der Waals surface area contributed by atoms with Crippen LogP contribution in [0.15, 0.2) is 6.07 Å². The average molecular weight is 307 g/mol. The first kappa shape index (κ1) is 15.0. The Labute approximate surface area is 131 Å². The molecular weight excluding hydrogens is 282 g/mol. The van der Waals surface area contributed by atoms with E-state index in [0.717, 1.165) is 37.2 Å². The molecule has 1 saturated heterocycles. The minimum atomic E-state index is 0.0785. The van der Waals surface area contributed by atoms with Crippen LogP contribution >= 0.6 is 11.3 Å². The van der Waals surface area contributed by atoms with Crippen LogP contribution < -0.4 is 5.32 Å². The fourth-order valence-corrected chi connectivity index (χ4v) is 4.48. The largest absolute Gasteiger partial charge is 0.376 e. The summed E-state index contributed by atoms with van der Waals surface area (Å²) in [7, 11) is 0. The number of hydrogen-bond donors (Lipinski definition) is 1. The second-order valence-corrected chi connectivity index (χ2v) is 7.42. The number of hydrogen-bond acceptors (Lipinski definition) is 3. The van der Waals surface area contributed by atoms with E-state index in [1.807, 2.05) is 0 Å². The summed E-state index contributed by atoms with van der Waals surface area (Å²) in [5, 5.41) is 3.12. The van der Waals surface area contributed by atoms with Crippen molar-refractivity contribution in [1.82, 2.24) is 5.32 Å². The van der Waals surface area contributed by atoms with Crippen molar-refractivity contribution in [3.05, 3.63) is 21.4 Å². The van der Waals surface area contributed by atoms with Crippen molar-refractivity contribution in [1.29, 1.82) is 0 Å². The maximum Gasteiger partial charge on any atom is 0.261 e. The molecule has 1 aromatic rings. The average Bonchev–Trinajstić information content (AvgIpc) is 3.08. The van der Waals surface area contributed by atoms with Gasteiger partial charge in [0, 0.05) is 11.5 Å². The molecule has 3 rings (SSSR count). The second kappa shape index (κ2) is 6.93. The summed E-state index contributed by atoms with van der Waals surface area (Å²) in [6.45, 7) is 2.88. The summed E-state index contributed by atoms with van der Waals surface area (Å²) < 4.78 is 5.65. The second-order valence-electron chi connectivity index (χ2n) is 6.29. The molecule has 21 heavy (non-hydrogen) atoms. The van der Waals surface area contributed by atoms with Crippen LogP contribution in [0.4, 0.5) is 0 Å². The minimum absolute atomic E-state index is 0.0785. The molecule has 1 aromatic heterocycles. The van der Waals surface area contributed by atoms with Gasteiger partial charge in [0.1, 0.15) is 0 Å². The van der Waals surface area contributed by atoms with Crippen LogP contribution in [0, 0.1) is 0 Å². The van der Waals surface area contributed by atoms with Crippen LogP contribution in [-0.2, 0) is 17.6 Å². The highest BCUT2D eigenvalue weighted by atomic mass is 32.1. The molecule has 0 bridgehead atoms. The highest BCUT2D eigenvalue weighted by Gasteiger charge is 2.25. The molecule has 0 spiro atoms. The summed E-state index contributed by atoms with van der Waals surface area (Å²) >= 11 is 1.70. The van der Waals surface area contributed by atoms with Crippen LogP contribution in [0.3, 0.4) is 0 Å². The number of nitrogens with one attached hydrogen (secondary N) is 1. The van der Waals surface area contributed by atoms with Crippen LogP contribution in [0.25, 0.3) is 0 Å². The van der Waals surface area contributed by atoms with E-state index >= 15 is 0 Å². The molecule has 1 fully saturated rings. The Bertz CT molecular complexity index is 465. The summed E-state index contributed by atoms with van der Waals surface area (Å²) in [5.74, 6) is 0.0785. The zero-order valence-electron chi connectivity index (χ0n) is 12.8. The van der Waals surface area contributed by atoms with Gasteiger partial charge < -0.3 is 10.1 Å². The monoisotopic (exact) mass is 307 g/mol. The van der Waals surface area contributed by atoms with Gasteiger partial charge in [0.25, 0.3) is 5.91 Å². The molecule has 0 radical (unpaired) electrons. The molecule has 2 unspecified atom stereocenters. The lowest BCUT2D eigenvalue weighted by Gasteiger charge is -2.19. The van der Waals surface area contributed by atoms with Crippen molar-refractivity contribution in [2.45, 2.75) is 70.4 Å². The Balaban J connectivity index is 1.65. The zero-order chi connectivity index (χ0) is 14.7. The zero-order valence-corrected chi connectivity index (χ0v) is 13.6. The summed E-state index contributed by atoms with van der Waals surface area (Å²) in [6, 6.07) is 2.23. The Morgan fingerprint density at radius 2 is 2.10 bits per heavy atom. The van der Waals surface area contributed by atoms with Crippen molar-refractivity contribution >= 4 is 17.2 Å². The number of carbonyl (C=O) groups is 1. The quantitative estimate of drug-likeness (QED) is 0.924. The molecule has 116 valence electrons. The maximum absolute atomic E-state index is 12.4. The van der Waals surface area contributed by atoms with E-state index < -0.39 is 0 Å². The number of fused-ring (bicyclic) bond motifs is 1. The van der Waals surface area contributed by atoms with Crippen molar-refractivity contribution in [3.8, 4) is 0 Å². The van der Waals surface area contributed by atoms with E-state index in [1.165, 1.54) is 36.1 Å². The first-order valence-corrected chi connectivity index (χ1v) is 9.10. The van der Waals surface area contributed by atoms with Crippen LogP contribution in [0.1, 0.15) is 65.6 Å². The molecule has 2 heterocycles. The van der Waals surface area contributed by atoms with Gasteiger partial charge in [0.05, 0.1) is 17.0 Å². The number of carbonyl (C=O) groups excluding carboxylic acids is 1.